The maximum Gasteiger partial charge on any atom is 0.264 e. The number of hydrogen-bond donors (Lipinski definition) is 2. The van der Waals surface area contributed by atoms with Crippen molar-refractivity contribution >= 4 is 52.2 Å². The molecule has 154 valence electrons. The quantitative estimate of drug-likeness (QED) is 0.591. The number of benzene rings is 1. The van der Waals surface area contributed by atoms with Crippen molar-refractivity contribution < 1.29 is 9.59 Å². The van der Waals surface area contributed by atoms with Gasteiger partial charge in [0.15, 0.2) is 0 Å². The third kappa shape index (κ3) is 4.90. The van der Waals surface area contributed by atoms with Crippen LogP contribution in [-0.2, 0) is 4.79 Å². The molecule has 0 radical (unpaired) electrons. The van der Waals surface area contributed by atoms with Gasteiger partial charge < -0.3 is 20.1 Å². The lowest BCUT2D eigenvalue weighted by Crippen LogP contribution is -2.48. The fourth-order valence-electron chi connectivity index (χ4n) is 3.22. The molecule has 1 fully saturated rings. The van der Waals surface area contributed by atoms with E-state index in [0.717, 1.165) is 30.2 Å². The number of halogens is 1. The molecule has 7 nitrogen and oxygen atoms in total. The van der Waals surface area contributed by atoms with E-state index in [2.05, 4.69) is 20.2 Å². The minimum absolute atomic E-state index is 0.0350. The summed E-state index contributed by atoms with van der Waals surface area (Å²) in [5.74, 6) is -0.175. The molecule has 2 N–H and O–H groups in total. The number of thiophene rings is 1. The Bertz CT molecular complexity index is 1040. The summed E-state index contributed by atoms with van der Waals surface area (Å²) in [6, 6.07) is 11.2. The van der Waals surface area contributed by atoms with Crippen LogP contribution in [0, 0.1) is 0 Å². The van der Waals surface area contributed by atoms with E-state index in [0.29, 0.717) is 22.3 Å². The van der Waals surface area contributed by atoms with Gasteiger partial charge >= 0.3 is 0 Å². The van der Waals surface area contributed by atoms with Crippen LogP contribution in [0.15, 0.2) is 55.0 Å². The number of aromatic nitrogens is 2. The maximum atomic E-state index is 12.5. The van der Waals surface area contributed by atoms with Gasteiger partial charge in [-0.25, -0.2) is 4.98 Å². The van der Waals surface area contributed by atoms with Crippen molar-refractivity contribution in [3.63, 3.8) is 0 Å². The van der Waals surface area contributed by atoms with Crippen LogP contribution >= 0.6 is 22.9 Å². The van der Waals surface area contributed by atoms with Gasteiger partial charge in [0.25, 0.3) is 5.91 Å². The molecule has 0 atom stereocenters. The Balaban J connectivity index is 1.29. The standard InChI is InChI=1S/C21H20ClN5O2S/c22-19-7-6-18(30-19)21(29)27-11-9-26(10-12-27)17-4-1-15(2-5-17)25-20(28)8-3-16-13-23-14-24-16/h1-8,13-14H,9-12H2,(H,23,24)(H,25,28). The molecule has 3 aromatic rings. The van der Waals surface area contributed by atoms with Crippen molar-refractivity contribution in [2.24, 2.45) is 0 Å². The molecule has 9 heteroatoms. The van der Waals surface area contributed by atoms with Gasteiger partial charge in [0.1, 0.15) is 0 Å². The minimum Gasteiger partial charge on any atom is -0.368 e. The molecule has 0 aliphatic carbocycles. The van der Waals surface area contributed by atoms with Crippen LogP contribution in [-0.4, -0.2) is 52.9 Å². The molecule has 0 spiro atoms. The predicted octanol–water partition coefficient (Wildman–Crippen LogP) is 3.74. The van der Waals surface area contributed by atoms with E-state index < -0.39 is 0 Å². The second-order valence-electron chi connectivity index (χ2n) is 6.76. The van der Waals surface area contributed by atoms with Crippen LogP contribution in [0.3, 0.4) is 0 Å². The first-order valence-electron chi connectivity index (χ1n) is 9.45. The zero-order valence-corrected chi connectivity index (χ0v) is 17.6. The Morgan fingerprint density at radius 3 is 2.50 bits per heavy atom. The van der Waals surface area contributed by atoms with Gasteiger partial charge in [0.2, 0.25) is 5.91 Å². The summed E-state index contributed by atoms with van der Waals surface area (Å²) in [7, 11) is 0. The Kier molecular flexibility index (Phi) is 6.15. The summed E-state index contributed by atoms with van der Waals surface area (Å²) < 4.78 is 0.626. The van der Waals surface area contributed by atoms with E-state index in [1.165, 1.54) is 17.4 Å². The monoisotopic (exact) mass is 441 g/mol. The van der Waals surface area contributed by atoms with Gasteiger partial charge in [-0.3, -0.25) is 9.59 Å². The third-order valence-electron chi connectivity index (χ3n) is 4.78. The molecule has 0 bridgehead atoms. The van der Waals surface area contributed by atoms with Crippen LogP contribution in [0.2, 0.25) is 4.34 Å². The molecule has 2 aromatic heterocycles. The van der Waals surface area contributed by atoms with E-state index in [1.807, 2.05) is 29.2 Å². The lowest BCUT2D eigenvalue weighted by atomic mass is 10.2. The van der Waals surface area contributed by atoms with Crippen molar-refractivity contribution in [1.82, 2.24) is 14.9 Å². The summed E-state index contributed by atoms with van der Waals surface area (Å²) in [5, 5.41) is 2.84. The van der Waals surface area contributed by atoms with E-state index >= 15 is 0 Å². The molecule has 30 heavy (non-hydrogen) atoms. The summed E-state index contributed by atoms with van der Waals surface area (Å²) in [5.41, 5.74) is 2.55. The average molecular weight is 442 g/mol. The van der Waals surface area contributed by atoms with Crippen LogP contribution in [0.25, 0.3) is 6.08 Å². The molecule has 1 aliphatic rings. The smallest absolute Gasteiger partial charge is 0.264 e. The maximum absolute atomic E-state index is 12.5. The molecule has 1 saturated heterocycles. The second kappa shape index (κ2) is 9.15. The zero-order chi connectivity index (χ0) is 20.9. The molecule has 1 aliphatic heterocycles. The number of H-pyrrole nitrogens is 1. The Morgan fingerprint density at radius 2 is 1.87 bits per heavy atom. The molecular weight excluding hydrogens is 422 g/mol. The number of piperazine rings is 1. The fourth-order valence-corrected chi connectivity index (χ4v) is 4.23. The highest BCUT2D eigenvalue weighted by Gasteiger charge is 2.23. The van der Waals surface area contributed by atoms with E-state index in [4.69, 9.17) is 11.6 Å². The van der Waals surface area contributed by atoms with E-state index in [9.17, 15) is 9.59 Å². The van der Waals surface area contributed by atoms with Crippen molar-refractivity contribution in [1.29, 1.82) is 0 Å². The average Bonchev–Trinajstić information content (AvgIpc) is 3.44. The lowest BCUT2D eigenvalue weighted by Gasteiger charge is -2.36. The van der Waals surface area contributed by atoms with Crippen LogP contribution in [0.5, 0.6) is 0 Å². The van der Waals surface area contributed by atoms with Crippen LogP contribution in [0.1, 0.15) is 15.4 Å². The molecule has 0 unspecified atom stereocenters. The Hall–Kier alpha value is -3.10. The molecular formula is C21H20ClN5O2S. The molecule has 1 aromatic carbocycles. The van der Waals surface area contributed by atoms with Gasteiger partial charge in [-0.1, -0.05) is 11.6 Å². The summed E-state index contributed by atoms with van der Waals surface area (Å²) >= 11 is 7.25. The van der Waals surface area contributed by atoms with Crippen LogP contribution in [0.4, 0.5) is 11.4 Å². The highest BCUT2D eigenvalue weighted by molar-refractivity contribution is 7.17. The first kappa shape index (κ1) is 20.2. The fraction of sp³-hybridized carbons (Fsp3) is 0.190. The Labute approximate surface area is 183 Å². The van der Waals surface area contributed by atoms with Gasteiger partial charge in [-0.05, 0) is 42.5 Å². The second-order valence-corrected chi connectivity index (χ2v) is 8.47. The number of nitrogens with zero attached hydrogens (tertiary/aromatic N) is 3. The summed E-state index contributed by atoms with van der Waals surface area (Å²) in [6.07, 6.45) is 6.32. The SMILES string of the molecule is O=C(C=Cc1cnc[nH]1)Nc1ccc(N2CCN(C(=O)c3ccc(Cl)s3)CC2)cc1. The summed E-state index contributed by atoms with van der Waals surface area (Å²) in [6.45, 7) is 2.82. The van der Waals surface area contributed by atoms with Gasteiger partial charge in [-0.2, -0.15) is 0 Å². The predicted molar refractivity (Wildman–Crippen MR) is 120 cm³/mol. The van der Waals surface area contributed by atoms with Gasteiger partial charge in [0.05, 0.1) is 27.4 Å². The normalized spacial score (nSPS) is 14.3. The first-order valence-corrected chi connectivity index (χ1v) is 10.6. The highest BCUT2D eigenvalue weighted by Crippen LogP contribution is 2.24. The molecule has 4 rings (SSSR count). The number of carbonyl (C=O) groups excluding carboxylic acids is 2. The van der Waals surface area contributed by atoms with Crippen molar-refractivity contribution in [2.75, 3.05) is 36.4 Å². The van der Waals surface area contributed by atoms with Crippen molar-refractivity contribution in [3.05, 3.63) is 69.9 Å². The van der Waals surface area contributed by atoms with Crippen LogP contribution < -0.4 is 10.2 Å². The summed E-state index contributed by atoms with van der Waals surface area (Å²) in [4.78, 5) is 36.1. The van der Waals surface area contributed by atoms with E-state index in [1.54, 1.807) is 30.7 Å². The molecule has 0 saturated carbocycles. The minimum atomic E-state index is -0.210. The topological polar surface area (TPSA) is 81.3 Å². The number of imidazole rings is 1. The molecule has 3 heterocycles. The number of carbonyl (C=O) groups is 2. The number of amides is 2. The van der Waals surface area contributed by atoms with Gasteiger partial charge in [-0.15, -0.1) is 11.3 Å². The largest absolute Gasteiger partial charge is 0.368 e. The number of anilines is 2. The van der Waals surface area contributed by atoms with Crippen molar-refractivity contribution in [3.8, 4) is 0 Å². The van der Waals surface area contributed by atoms with E-state index in [-0.39, 0.29) is 11.8 Å². The number of hydrogen-bond acceptors (Lipinski definition) is 5. The number of rotatable bonds is 5. The number of nitrogens with one attached hydrogen (secondary N) is 2. The molecule has 2 amide bonds. The lowest BCUT2D eigenvalue weighted by molar-refractivity contribution is -0.111. The first-order chi connectivity index (χ1) is 14.6. The van der Waals surface area contributed by atoms with Gasteiger partial charge in [0, 0.05) is 43.6 Å². The number of aromatic amines is 1. The highest BCUT2D eigenvalue weighted by atomic mass is 35.5. The zero-order valence-electron chi connectivity index (χ0n) is 16.0. The van der Waals surface area contributed by atoms with Crippen molar-refractivity contribution in [2.45, 2.75) is 0 Å². The third-order valence-corrected chi connectivity index (χ3v) is 6.00. The Morgan fingerprint density at radius 1 is 1.10 bits per heavy atom.